The Kier molecular flexibility index (Phi) is 4.91. The summed E-state index contributed by atoms with van der Waals surface area (Å²) in [7, 11) is 0. The zero-order valence-electron chi connectivity index (χ0n) is 15.4. The van der Waals surface area contributed by atoms with Crippen LogP contribution in [0.25, 0.3) is 0 Å². The van der Waals surface area contributed by atoms with E-state index in [9.17, 15) is 4.79 Å². The summed E-state index contributed by atoms with van der Waals surface area (Å²) in [6.45, 7) is 9.57. The van der Waals surface area contributed by atoms with Gasteiger partial charge in [-0.25, -0.2) is 0 Å². The van der Waals surface area contributed by atoms with E-state index in [-0.39, 0.29) is 23.5 Å². The fourth-order valence-electron chi connectivity index (χ4n) is 3.11. The van der Waals surface area contributed by atoms with Gasteiger partial charge < -0.3 is 9.64 Å². The standard InChI is InChI=1S/C21H26N2O2/c1-15-10-17(12-22-11-15)20(24)23-13-18(16-8-6-5-7-9-16)25-19(14-23)21(2,3)4/h5-12,18-19H,13-14H2,1-4H3/t18-,19+/m0/s1. The van der Waals surface area contributed by atoms with Crippen molar-refractivity contribution in [3.8, 4) is 0 Å². The van der Waals surface area contributed by atoms with Gasteiger partial charge in [-0.2, -0.15) is 0 Å². The Morgan fingerprint density at radius 2 is 1.88 bits per heavy atom. The van der Waals surface area contributed by atoms with Gasteiger partial charge in [0.1, 0.15) is 6.10 Å². The molecule has 0 N–H and O–H groups in total. The molecule has 0 unspecified atom stereocenters. The van der Waals surface area contributed by atoms with Crippen molar-refractivity contribution in [3.05, 3.63) is 65.5 Å². The molecule has 4 nitrogen and oxygen atoms in total. The first kappa shape index (κ1) is 17.6. The Bertz CT molecular complexity index is 737. The fourth-order valence-corrected chi connectivity index (χ4v) is 3.11. The van der Waals surface area contributed by atoms with E-state index in [1.54, 1.807) is 12.4 Å². The minimum atomic E-state index is -0.110. The molecule has 2 atom stereocenters. The maximum absolute atomic E-state index is 13.0. The van der Waals surface area contributed by atoms with E-state index >= 15 is 0 Å². The highest BCUT2D eigenvalue weighted by Crippen LogP contribution is 2.34. The summed E-state index contributed by atoms with van der Waals surface area (Å²) >= 11 is 0. The van der Waals surface area contributed by atoms with Crippen LogP contribution in [0.5, 0.6) is 0 Å². The average molecular weight is 338 g/mol. The van der Waals surface area contributed by atoms with Crippen LogP contribution in [0.4, 0.5) is 0 Å². The van der Waals surface area contributed by atoms with Crippen LogP contribution in [0, 0.1) is 12.3 Å². The Labute approximate surface area is 149 Å². The van der Waals surface area contributed by atoms with Crippen LogP contribution >= 0.6 is 0 Å². The molecule has 1 aromatic carbocycles. The van der Waals surface area contributed by atoms with Crippen molar-refractivity contribution in [1.29, 1.82) is 0 Å². The SMILES string of the molecule is Cc1cncc(C(=O)N2C[C@@H](c3ccccc3)O[C@@H](C(C)(C)C)C2)c1. The number of aromatic nitrogens is 1. The molecule has 0 spiro atoms. The van der Waals surface area contributed by atoms with Crippen LogP contribution in [0.1, 0.15) is 48.4 Å². The van der Waals surface area contributed by atoms with E-state index in [4.69, 9.17) is 4.74 Å². The molecule has 4 heteroatoms. The third-order valence-corrected chi connectivity index (χ3v) is 4.65. The van der Waals surface area contributed by atoms with Gasteiger partial charge >= 0.3 is 0 Å². The Hall–Kier alpha value is -2.20. The van der Waals surface area contributed by atoms with Crippen molar-refractivity contribution in [2.45, 2.75) is 39.9 Å². The Morgan fingerprint density at radius 1 is 1.16 bits per heavy atom. The molecule has 2 aromatic rings. The van der Waals surface area contributed by atoms with Crippen LogP contribution < -0.4 is 0 Å². The number of pyridine rings is 1. The summed E-state index contributed by atoms with van der Waals surface area (Å²) in [5.41, 5.74) is 2.70. The lowest BCUT2D eigenvalue weighted by Crippen LogP contribution is -2.51. The van der Waals surface area contributed by atoms with Gasteiger partial charge in [0, 0.05) is 18.9 Å². The van der Waals surface area contributed by atoms with E-state index in [0.717, 1.165) is 11.1 Å². The average Bonchev–Trinajstić information content (AvgIpc) is 2.60. The van der Waals surface area contributed by atoms with E-state index < -0.39 is 0 Å². The zero-order chi connectivity index (χ0) is 18.0. The molecule has 1 fully saturated rings. The number of aryl methyl sites for hydroxylation is 1. The van der Waals surface area contributed by atoms with Gasteiger partial charge in [0.15, 0.2) is 0 Å². The van der Waals surface area contributed by atoms with E-state index in [1.807, 2.05) is 36.1 Å². The highest BCUT2D eigenvalue weighted by molar-refractivity contribution is 5.94. The Morgan fingerprint density at radius 3 is 2.52 bits per heavy atom. The summed E-state index contributed by atoms with van der Waals surface area (Å²) in [6.07, 6.45) is 3.28. The molecular formula is C21H26N2O2. The largest absolute Gasteiger partial charge is 0.366 e. The number of ether oxygens (including phenoxy) is 1. The lowest BCUT2D eigenvalue weighted by atomic mass is 9.87. The molecule has 1 aliphatic heterocycles. The first-order valence-electron chi connectivity index (χ1n) is 8.76. The van der Waals surface area contributed by atoms with E-state index in [0.29, 0.717) is 18.7 Å². The molecule has 1 aromatic heterocycles. The quantitative estimate of drug-likeness (QED) is 0.830. The maximum atomic E-state index is 13.0. The highest BCUT2D eigenvalue weighted by Gasteiger charge is 2.37. The fraction of sp³-hybridized carbons (Fsp3) is 0.429. The van der Waals surface area contributed by atoms with Crippen LogP contribution in [-0.2, 0) is 4.74 Å². The number of nitrogens with zero attached hydrogens (tertiary/aromatic N) is 2. The van der Waals surface area contributed by atoms with Gasteiger partial charge in [-0.05, 0) is 29.5 Å². The number of morpholine rings is 1. The minimum Gasteiger partial charge on any atom is -0.366 e. The lowest BCUT2D eigenvalue weighted by Gasteiger charge is -2.43. The second-order valence-electron chi connectivity index (χ2n) is 7.85. The molecule has 1 amide bonds. The van der Waals surface area contributed by atoms with Crippen molar-refractivity contribution in [1.82, 2.24) is 9.88 Å². The van der Waals surface area contributed by atoms with Crippen LogP contribution in [-0.4, -0.2) is 35.0 Å². The van der Waals surface area contributed by atoms with Gasteiger partial charge in [0.25, 0.3) is 5.91 Å². The molecule has 3 rings (SSSR count). The second-order valence-corrected chi connectivity index (χ2v) is 7.85. The summed E-state index contributed by atoms with van der Waals surface area (Å²) in [5, 5.41) is 0. The number of benzene rings is 1. The van der Waals surface area contributed by atoms with Gasteiger partial charge in [0.2, 0.25) is 0 Å². The third kappa shape index (κ3) is 4.07. The van der Waals surface area contributed by atoms with Crippen LogP contribution in [0.15, 0.2) is 48.8 Å². The number of rotatable bonds is 2. The van der Waals surface area contributed by atoms with Crippen molar-refractivity contribution in [2.75, 3.05) is 13.1 Å². The number of hydrogen-bond acceptors (Lipinski definition) is 3. The lowest BCUT2D eigenvalue weighted by molar-refractivity contribution is -0.119. The van der Waals surface area contributed by atoms with Crippen molar-refractivity contribution in [3.63, 3.8) is 0 Å². The monoisotopic (exact) mass is 338 g/mol. The zero-order valence-corrected chi connectivity index (χ0v) is 15.4. The maximum Gasteiger partial charge on any atom is 0.255 e. The molecule has 0 saturated carbocycles. The molecule has 1 saturated heterocycles. The van der Waals surface area contributed by atoms with E-state index in [1.165, 1.54) is 0 Å². The normalized spacial score (nSPS) is 21.2. The van der Waals surface area contributed by atoms with E-state index in [2.05, 4.69) is 37.9 Å². The van der Waals surface area contributed by atoms with Gasteiger partial charge in [-0.1, -0.05) is 51.1 Å². The predicted molar refractivity (Wildman–Crippen MR) is 98.4 cm³/mol. The number of carbonyl (C=O) groups is 1. The third-order valence-electron chi connectivity index (χ3n) is 4.65. The molecule has 132 valence electrons. The topological polar surface area (TPSA) is 42.4 Å². The van der Waals surface area contributed by atoms with Crippen LogP contribution in [0.3, 0.4) is 0 Å². The molecule has 0 radical (unpaired) electrons. The predicted octanol–water partition coefficient (Wildman–Crippen LogP) is 4.02. The van der Waals surface area contributed by atoms with Crippen molar-refractivity contribution < 1.29 is 9.53 Å². The summed E-state index contributed by atoms with van der Waals surface area (Å²) < 4.78 is 6.37. The number of amides is 1. The summed E-state index contributed by atoms with van der Waals surface area (Å²) in [5.74, 6) is 0.0229. The minimum absolute atomic E-state index is 0.0202. The molecule has 0 aliphatic carbocycles. The first-order valence-corrected chi connectivity index (χ1v) is 8.76. The Balaban J connectivity index is 1.88. The highest BCUT2D eigenvalue weighted by atomic mass is 16.5. The van der Waals surface area contributed by atoms with Gasteiger partial charge in [-0.3, -0.25) is 9.78 Å². The summed E-state index contributed by atoms with van der Waals surface area (Å²) in [4.78, 5) is 19.1. The molecule has 0 bridgehead atoms. The van der Waals surface area contributed by atoms with Crippen LogP contribution in [0.2, 0.25) is 0 Å². The van der Waals surface area contributed by atoms with Crippen molar-refractivity contribution >= 4 is 5.91 Å². The smallest absolute Gasteiger partial charge is 0.255 e. The second kappa shape index (κ2) is 6.96. The summed E-state index contributed by atoms with van der Waals surface area (Å²) in [6, 6.07) is 12.0. The van der Waals surface area contributed by atoms with Gasteiger partial charge in [0.05, 0.1) is 18.2 Å². The number of hydrogen-bond donors (Lipinski definition) is 0. The van der Waals surface area contributed by atoms with Crippen molar-refractivity contribution in [2.24, 2.45) is 5.41 Å². The molecule has 25 heavy (non-hydrogen) atoms. The molecular weight excluding hydrogens is 312 g/mol. The molecule has 1 aliphatic rings. The molecule has 2 heterocycles. The van der Waals surface area contributed by atoms with Gasteiger partial charge in [-0.15, -0.1) is 0 Å². The number of carbonyl (C=O) groups excluding carboxylic acids is 1. The first-order chi connectivity index (χ1) is 11.8.